The average Bonchev–Trinajstić information content (AvgIpc) is 3.61. The van der Waals surface area contributed by atoms with Gasteiger partial charge in [-0.25, -0.2) is 18.8 Å². The van der Waals surface area contributed by atoms with E-state index in [2.05, 4.69) is 15.5 Å². The molecule has 2 aromatic carbocycles. The van der Waals surface area contributed by atoms with Gasteiger partial charge in [0.05, 0.1) is 23.3 Å². The van der Waals surface area contributed by atoms with Crippen molar-refractivity contribution < 1.29 is 17.6 Å². The number of amides is 1. The Kier molecular flexibility index (Phi) is 7.87. The smallest absolute Gasteiger partial charge is 0.290 e. The van der Waals surface area contributed by atoms with Crippen molar-refractivity contribution in [2.75, 3.05) is 0 Å². The molecule has 0 atom stereocenters. The van der Waals surface area contributed by atoms with Crippen molar-refractivity contribution in [1.82, 2.24) is 19.1 Å². The fourth-order valence-corrected chi connectivity index (χ4v) is 6.28. The molecule has 13 heteroatoms. The van der Waals surface area contributed by atoms with Crippen LogP contribution in [0, 0.1) is 6.92 Å². The third-order valence-electron chi connectivity index (χ3n) is 5.75. The average molecular weight is 603 g/mol. The highest BCUT2D eigenvalue weighted by Crippen LogP contribution is 2.24. The van der Waals surface area contributed by atoms with Crippen molar-refractivity contribution in [1.29, 1.82) is 0 Å². The molecule has 5 aromatic rings. The third kappa shape index (κ3) is 6.07. The van der Waals surface area contributed by atoms with Crippen molar-refractivity contribution in [3.05, 3.63) is 111 Å². The van der Waals surface area contributed by atoms with E-state index >= 15 is 0 Å². The van der Waals surface area contributed by atoms with E-state index < -0.39 is 15.9 Å². The Morgan fingerprint density at radius 2 is 1.77 bits per heavy atom. The van der Waals surface area contributed by atoms with E-state index in [1.807, 2.05) is 5.38 Å². The topological polar surface area (TPSA) is 109 Å². The summed E-state index contributed by atoms with van der Waals surface area (Å²) in [5.41, 5.74) is 4.22. The number of carbonyl (C=O) groups excluding carboxylic acids is 1. The van der Waals surface area contributed by atoms with Gasteiger partial charge >= 0.3 is 0 Å². The molecule has 0 aliphatic carbocycles. The summed E-state index contributed by atoms with van der Waals surface area (Å²) in [6.07, 6.45) is 3.12. The molecule has 0 radical (unpaired) electrons. The van der Waals surface area contributed by atoms with Gasteiger partial charge in [0.15, 0.2) is 4.96 Å². The lowest BCUT2D eigenvalue weighted by molar-refractivity contribution is 0.0948. The first-order valence-electron chi connectivity index (χ1n) is 11.5. The maximum absolute atomic E-state index is 13.5. The number of nitrogens with zero attached hydrogens (tertiary/aromatic N) is 4. The Morgan fingerprint density at radius 3 is 2.49 bits per heavy atom. The van der Waals surface area contributed by atoms with Crippen LogP contribution >= 0.6 is 34.5 Å². The maximum atomic E-state index is 13.5. The van der Waals surface area contributed by atoms with Crippen LogP contribution in [0.5, 0.6) is 0 Å². The van der Waals surface area contributed by atoms with E-state index in [1.54, 1.807) is 53.9 Å². The molecule has 9 nitrogen and oxygen atoms in total. The molecule has 0 saturated carbocycles. The van der Waals surface area contributed by atoms with E-state index in [0.717, 1.165) is 5.56 Å². The Labute approximate surface area is 238 Å². The first-order chi connectivity index (χ1) is 18.7. The van der Waals surface area contributed by atoms with Crippen LogP contribution in [0.1, 0.15) is 33.3 Å². The number of aryl methyl sites for hydroxylation is 1. The molecule has 5 rings (SSSR count). The summed E-state index contributed by atoms with van der Waals surface area (Å²) in [4.78, 5) is 17.8. The number of imidazole rings is 1. The molecule has 0 bridgehead atoms. The lowest BCUT2D eigenvalue weighted by atomic mass is 10.2. The molecule has 0 aliphatic rings. The van der Waals surface area contributed by atoms with Gasteiger partial charge in [-0.2, -0.15) is 9.41 Å². The second-order valence-corrected chi connectivity index (χ2v) is 12.1. The van der Waals surface area contributed by atoms with Gasteiger partial charge in [-0.05, 0) is 61.0 Å². The first-order valence-corrected chi connectivity index (χ1v) is 14.6. The predicted octanol–water partition coefficient (Wildman–Crippen LogP) is 5.76. The SMILES string of the molecule is Cc1nc2sccn2c1C(=O)N/N=C/c1ccc(CN(Cc2ccc(Cl)cc2)S(=O)(=O)c2ccc(Cl)cc2)o1. The zero-order chi connectivity index (χ0) is 27.6. The van der Waals surface area contributed by atoms with Crippen molar-refractivity contribution in [3.63, 3.8) is 0 Å². The van der Waals surface area contributed by atoms with Gasteiger partial charge in [0, 0.05) is 28.2 Å². The number of rotatable bonds is 9. The molecule has 200 valence electrons. The molecule has 0 fully saturated rings. The summed E-state index contributed by atoms with van der Waals surface area (Å²) >= 11 is 13.4. The number of carbonyl (C=O) groups is 1. The highest BCUT2D eigenvalue weighted by molar-refractivity contribution is 7.89. The van der Waals surface area contributed by atoms with Crippen LogP contribution < -0.4 is 5.43 Å². The Balaban J connectivity index is 1.32. The van der Waals surface area contributed by atoms with Gasteiger partial charge in [0.2, 0.25) is 10.0 Å². The zero-order valence-electron chi connectivity index (χ0n) is 20.4. The number of halogens is 2. The number of sulfonamides is 1. The number of hydrogen-bond donors (Lipinski definition) is 1. The van der Waals surface area contributed by atoms with Gasteiger partial charge in [-0.15, -0.1) is 11.3 Å². The van der Waals surface area contributed by atoms with Crippen LogP contribution in [0.25, 0.3) is 4.96 Å². The van der Waals surface area contributed by atoms with E-state index in [9.17, 15) is 13.2 Å². The molecule has 0 aliphatic heterocycles. The van der Waals surface area contributed by atoms with Crippen LogP contribution in [-0.4, -0.2) is 34.2 Å². The van der Waals surface area contributed by atoms with E-state index in [4.69, 9.17) is 27.6 Å². The normalized spacial score (nSPS) is 12.1. The van der Waals surface area contributed by atoms with Gasteiger partial charge < -0.3 is 4.42 Å². The van der Waals surface area contributed by atoms with E-state index in [1.165, 1.54) is 46.1 Å². The van der Waals surface area contributed by atoms with Crippen molar-refractivity contribution in [2.24, 2.45) is 5.10 Å². The highest BCUT2D eigenvalue weighted by atomic mass is 35.5. The Bertz CT molecular complexity index is 1760. The largest absolute Gasteiger partial charge is 0.459 e. The lowest BCUT2D eigenvalue weighted by Crippen LogP contribution is -2.30. The number of aromatic nitrogens is 2. The van der Waals surface area contributed by atoms with Gasteiger partial charge in [-0.3, -0.25) is 9.20 Å². The van der Waals surface area contributed by atoms with Crippen LogP contribution in [0.4, 0.5) is 0 Å². The third-order valence-corrected chi connectivity index (χ3v) is 8.81. The molecule has 1 amide bonds. The van der Waals surface area contributed by atoms with E-state index in [-0.39, 0.29) is 18.0 Å². The van der Waals surface area contributed by atoms with E-state index in [0.29, 0.717) is 37.9 Å². The quantitative estimate of drug-likeness (QED) is 0.171. The molecule has 3 heterocycles. The first kappa shape index (κ1) is 27.1. The van der Waals surface area contributed by atoms with Crippen LogP contribution in [0.15, 0.2) is 86.7 Å². The summed E-state index contributed by atoms with van der Waals surface area (Å²) in [6, 6.07) is 16.2. The summed E-state index contributed by atoms with van der Waals surface area (Å²) in [7, 11) is -3.90. The van der Waals surface area contributed by atoms with Crippen molar-refractivity contribution in [3.8, 4) is 0 Å². The summed E-state index contributed by atoms with van der Waals surface area (Å²) < 4.78 is 35.9. The maximum Gasteiger partial charge on any atom is 0.290 e. The second-order valence-electron chi connectivity index (χ2n) is 8.46. The Hall–Kier alpha value is -3.48. The van der Waals surface area contributed by atoms with Crippen molar-refractivity contribution >= 4 is 61.6 Å². The number of fused-ring (bicyclic) bond motifs is 1. The minimum Gasteiger partial charge on any atom is -0.459 e. The van der Waals surface area contributed by atoms with Gasteiger partial charge in [-0.1, -0.05) is 35.3 Å². The lowest BCUT2D eigenvalue weighted by Gasteiger charge is -2.21. The summed E-state index contributed by atoms with van der Waals surface area (Å²) in [5.74, 6) is 0.317. The molecule has 1 N–H and O–H groups in total. The number of hydrazone groups is 1. The number of furan rings is 1. The molecule has 39 heavy (non-hydrogen) atoms. The Morgan fingerprint density at radius 1 is 1.08 bits per heavy atom. The molecule has 0 saturated heterocycles. The van der Waals surface area contributed by atoms with Crippen LogP contribution in [0.2, 0.25) is 10.0 Å². The number of hydrogen-bond acceptors (Lipinski definition) is 7. The number of benzene rings is 2. The summed E-state index contributed by atoms with van der Waals surface area (Å²) in [6.45, 7) is 1.80. The van der Waals surface area contributed by atoms with Crippen LogP contribution in [0.3, 0.4) is 0 Å². The molecule has 3 aromatic heterocycles. The minimum atomic E-state index is -3.90. The number of thiazole rings is 1. The fraction of sp³-hybridized carbons (Fsp3) is 0.115. The van der Waals surface area contributed by atoms with Gasteiger partial charge in [0.25, 0.3) is 5.91 Å². The fourth-order valence-electron chi connectivity index (χ4n) is 3.87. The molecule has 0 unspecified atom stereocenters. The zero-order valence-corrected chi connectivity index (χ0v) is 23.6. The summed E-state index contributed by atoms with van der Waals surface area (Å²) in [5, 5.41) is 6.82. The molecular weight excluding hydrogens is 581 g/mol. The van der Waals surface area contributed by atoms with Crippen LogP contribution in [-0.2, 0) is 23.1 Å². The standard InChI is InChI=1S/C26H21Cl2N5O4S2/c1-17-24(33-12-13-38-26(33)30-17)25(34)31-29-14-21-8-9-22(37-21)16-32(15-18-2-4-19(27)5-3-18)39(35,36)23-10-6-20(28)7-11-23/h2-14H,15-16H2,1H3,(H,31,34)/b29-14+. The minimum absolute atomic E-state index is 0.0427. The number of nitrogens with one attached hydrogen (secondary N) is 1. The van der Waals surface area contributed by atoms with Crippen molar-refractivity contribution in [2.45, 2.75) is 24.9 Å². The monoisotopic (exact) mass is 601 g/mol. The second kappa shape index (κ2) is 11.3. The predicted molar refractivity (Wildman–Crippen MR) is 151 cm³/mol. The van der Waals surface area contributed by atoms with Gasteiger partial charge in [0.1, 0.15) is 17.2 Å². The molecular formula is C26H21Cl2N5O4S2. The molecule has 0 spiro atoms. The highest BCUT2D eigenvalue weighted by Gasteiger charge is 2.26.